The molecule has 0 spiro atoms. The van der Waals surface area contributed by atoms with Gasteiger partial charge in [0, 0.05) is 6.04 Å². The lowest BCUT2D eigenvalue weighted by molar-refractivity contribution is -0.139. The highest BCUT2D eigenvalue weighted by molar-refractivity contribution is 5.82. The molecule has 1 aliphatic rings. The molecular formula is C15H18N2O3. The molecule has 1 aliphatic carbocycles. The van der Waals surface area contributed by atoms with Crippen molar-refractivity contribution in [3.8, 4) is 0 Å². The Morgan fingerprint density at radius 1 is 1.35 bits per heavy atom. The van der Waals surface area contributed by atoms with Gasteiger partial charge in [0.1, 0.15) is 6.04 Å². The van der Waals surface area contributed by atoms with Crippen LogP contribution in [0.2, 0.25) is 0 Å². The van der Waals surface area contributed by atoms with E-state index in [0.29, 0.717) is 0 Å². The summed E-state index contributed by atoms with van der Waals surface area (Å²) in [7, 11) is 0. The number of amides is 2. The number of benzene rings is 1. The quantitative estimate of drug-likeness (QED) is 0.712. The highest BCUT2D eigenvalue weighted by Crippen LogP contribution is 2.21. The molecule has 1 aromatic carbocycles. The number of nitrogens with one attached hydrogen (secondary N) is 2. The van der Waals surface area contributed by atoms with Crippen molar-refractivity contribution < 1.29 is 14.7 Å². The van der Waals surface area contributed by atoms with Crippen molar-refractivity contribution >= 4 is 12.0 Å². The summed E-state index contributed by atoms with van der Waals surface area (Å²) in [6.07, 6.45) is 3.24. The summed E-state index contributed by atoms with van der Waals surface area (Å²) in [5.74, 6) is -1.06. The summed E-state index contributed by atoms with van der Waals surface area (Å²) in [5, 5.41) is 14.2. The molecule has 0 heterocycles. The second-order valence-corrected chi connectivity index (χ2v) is 4.91. The number of hydrogen-bond donors (Lipinski definition) is 3. The van der Waals surface area contributed by atoms with Crippen LogP contribution in [0.1, 0.15) is 17.5 Å². The zero-order chi connectivity index (χ0) is 14.5. The summed E-state index contributed by atoms with van der Waals surface area (Å²) in [6, 6.07) is 6.69. The molecule has 0 fully saturated rings. The normalized spacial score (nSPS) is 15.2. The molecule has 5 nitrogen and oxygen atoms in total. The van der Waals surface area contributed by atoms with Crippen LogP contribution in [0.15, 0.2) is 36.9 Å². The third-order valence-corrected chi connectivity index (χ3v) is 3.39. The van der Waals surface area contributed by atoms with E-state index < -0.39 is 18.0 Å². The molecule has 106 valence electrons. The van der Waals surface area contributed by atoms with E-state index in [1.165, 1.54) is 17.2 Å². The van der Waals surface area contributed by atoms with E-state index in [1.54, 1.807) is 0 Å². The number of rotatable bonds is 5. The molecule has 5 heteroatoms. The minimum Gasteiger partial charge on any atom is -0.480 e. The zero-order valence-electron chi connectivity index (χ0n) is 11.1. The third-order valence-electron chi connectivity index (χ3n) is 3.39. The highest BCUT2D eigenvalue weighted by atomic mass is 16.4. The molecule has 2 amide bonds. The van der Waals surface area contributed by atoms with Crippen molar-refractivity contribution in [1.82, 2.24) is 10.6 Å². The average molecular weight is 274 g/mol. The van der Waals surface area contributed by atoms with Crippen LogP contribution >= 0.6 is 0 Å². The van der Waals surface area contributed by atoms with E-state index in [0.717, 1.165) is 12.8 Å². The minimum atomic E-state index is -1.06. The molecule has 1 atom stereocenters. The van der Waals surface area contributed by atoms with Crippen LogP contribution in [0, 0.1) is 0 Å². The average Bonchev–Trinajstić information content (AvgIpc) is 2.79. The third kappa shape index (κ3) is 3.38. The van der Waals surface area contributed by atoms with Crippen LogP contribution in [0.4, 0.5) is 4.79 Å². The first-order valence-corrected chi connectivity index (χ1v) is 6.57. The van der Waals surface area contributed by atoms with Gasteiger partial charge < -0.3 is 15.7 Å². The molecule has 0 aliphatic heterocycles. The smallest absolute Gasteiger partial charge is 0.326 e. The highest BCUT2D eigenvalue weighted by Gasteiger charge is 2.24. The second kappa shape index (κ2) is 6.23. The lowest BCUT2D eigenvalue weighted by Gasteiger charge is -2.16. The van der Waals surface area contributed by atoms with Gasteiger partial charge in [-0.05, 0) is 30.4 Å². The summed E-state index contributed by atoms with van der Waals surface area (Å²) in [5.41, 5.74) is 2.47. The van der Waals surface area contributed by atoms with Crippen molar-refractivity contribution in [2.24, 2.45) is 0 Å². The minimum absolute atomic E-state index is 0.0191. The number of carbonyl (C=O) groups excluding carboxylic acids is 1. The van der Waals surface area contributed by atoms with Gasteiger partial charge in [0.15, 0.2) is 0 Å². The van der Waals surface area contributed by atoms with Crippen LogP contribution in [0.25, 0.3) is 0 Å². The van der Waals surface area contributed by atoms with Crippen molar-refractivity contribution in [3.63, 3.8) is 0 Å². The van der Waals surface area contributed by atoms with E-state index in [4.69, 9.17) is 5.11 Å². The Morgan fingerprint density at radius 2 is 1.95 bits per heavy atom. The standard InChI is InChI=1S/C15H18N2O3/c1-2-5-13(14(18)19)17-15(20)16-12-8-10-6-3-4-7-11(10)9-12/h2-4,6-7,12-13H,1,5,8-9H2,(H,18,19)(H2,16,17,20). The van der Waals surface area contributed by atoms with E-state index >= 15 is 0 Å². The second-order valence-electron chi connectivity index (χ2n) is 4.91. The van der Waals surface area contributed by atoms with Gasteiger partial charge in [-0.15, -0.1) is 6.58 Å². The Balaban J connectivity index is 1.87. The molecule has 0 saturated heterocycles. The molecule has 20 heavy (non-hydrogen) atoms. The number of carboxylic acids is 1. The predicted molar refractivity (Wildman–Crippen MR) is 75.5 cm³/mol. The van der Waals surface area contributed by atoms with Gasteiger partial charge in [0.25, 0.3) is 0 Å². The predicted octanol–water partition coefficient (Wildman–Crippen LogP) is 1.48. The Kier molecular flexibility index (Phi) is 4.40. The fraction of sp³-hybridized carbons (Fsp3) is 0.333. The van der Waals surface area contributed by atoms with Crippen LogP contribution in [-0.4, -0.2) is 29.2 Å². The Labute approximate surface area is 117 Å². The number of carboxylic acid groups (broad SMARTS) is 1. The van der Waals surface area contributed by atoms with Crippen LogP contribution in [0.3, 0.4) is 0 Å². The van der Waals surface area contributed by atoms with Gasteiger partial charge >= 0.3 is 12.0 Å². The Bertz CT molecular complexity index is 503. The van der Waals surface area contributed by atoms with E-state index in [2.05, 4.69) is 17.2 Å². The number of fused-ring (bicyclic) bond motifs is 1. The zero-order valence-corrected chi connectivity index (χ0v) is 11.1. The van der Waals surface area contributed by atoms with E-state index in [9.17, 15) is 9.59 Å². The van der Waals surface area contributed by atoms with Gasteiger partial charge in [-0.3, -0.25) is 0 Å². The van der Waals surface area contributed by atoms with Crippen molar-refractivity contribution in [3.05, 3.63) is 48.0 Å². The van der Waals surface area contributed by atoms with Crippen LogP contribution < -0.4 is 10.6 Å². The van der Waals surface area contributed by atoms with Gasteiger partial charge in [0.2, 0.25) is 0 Å². The maximum Gasteiger partial charge on any atom is 0.326 e. The van der Waals surface area contributed by atoms with Gasteiger partial charge in [-0.25, -0.2) is 9.59 Å². The van der Waals surface area contributed by atoms with E-state index in [1.807, 2.05) is 24.3 Å². The fourth-order valence-corrected chi connectivity index (χ4v) is 2.43. The van der Waals surface area contributed by atoms with Crippen molar-refractivity contribution in [2.75, 3.05) is 0 Å². The maximum atomic E-state index is 11.8. The van der Waals surface area contributed by atoms with Gasteiger partial charge in [-0.2, -0.15) is 0 Å². The summed E-state index contributed by atoms with van der Waals surface area (Å²) in [4.78, 5) is 22.8. The molecular weight excluding hydrogens is 256 g/mol. The van der Waals surface area contributed by atoms with Crippen LogP contribution in [0.5, 0.6) is 0 Å². The molecule has 0 aromatic heterocycles. The molecule has 0 radical (unpaired) electrons. The maximum absolute atomic E-state index is 11.8. The van der Waals surface area contributed by atoms with E-state index in [-0.39, 0.29) is 12.5 Å². The first kappa shape index (κ1) is 14.1. The fourth-order valence-electron chi connectivity index (χ4n) is 2.43. The number of hydrogen-bond acceptors (Lipinski definition) is 2. The molecule has 3 N–H and O–H groups in total. The summed E-state index contributed by atoms with van der Waals surface area (Å²) >= 11 is 0. The number of carbonyl (C=O) groups is 2. The Morgan fingerprint density at radius 3 is 2.45 bits per heavy atom. The molecule has 0 saturated carbocycles. The Hall–Kier alpha value is -2.30. The van der Waals surface area contributed by atoms with Crippen LogP contribution in [-0.2, 0) is 17.6 Å². The monoisotopic (exact) mass is 274 g/mol. The molecule has 1 unspecified atom stereocenters. The van der Waals surface area contributed by atoms with Gasteiger partial charge in [-0.1, -0.05) is 30.3 Å². The number of aliphatic carboxylic acids is 1. The lowest BCUT2D eigenvalue weighted by Crippen LogP contribution is -2.49. The molecule has 0 bridgehead atoms. The summed E-state index contributed by atoms with van der Waals surface area (Å²) in [6.45, 7) is 3.49. The number of urea groups is 1. The van der Waals surface area contributed by atoms with Gasteiger partial charge in [0.05, 0.1) is 0 Å². The molecule has 1 aromatic rings. The largest absolute Gasteiger partial charge is 0.480 e. The SMILES string of the molecule is C=CCC(NC(=O)NC1Cc2ccccc2C1)C(=O)O. The van der Waals surface area contributed by atoms with Crippen molar-refractivity contribution in [2.45, 2.75) is 31.3 Å². The first-order chi connectivity index (χ1) is 9.60. The topological polar surface area (TPSA) is 78.4 Å². The summed E-state index contributed by atoms with van der Waals surface area (Å²) < 4.78 is 0. The molecule has 2 rings (SSSR count). The van der Waals surface area contributed by atoms with Crippen molar-refractivity contribution in [1.29, 1.82) is 0 Å². The lowest BCUT2D eigenvalue weighted by atomic mass is 10.1. The first-order valence-electron chi connectivity index (χ1n) is 6.57.